The van der Waals surface area contributed by atoms with Crippen molar-refractivity contribution in [3.63, 3.8) is 0 Å². The van der Waals surface area contributed by atoms with Crippen molar-refractivity contribution in [1.82, 2.24) is 20.1 Å². The highest BCUT2D eigenvalue weighted by molar-refractivity contribution is 7.80. The number of carbonyl (C=O) groups is 1. The summed E-state index contributed by atoms with van der Waals surface area (Å²) in [6, 6.07) is 1.97. The number of rotatable bonds is 5. The van der Waals surface area contributed by atoms with Crippen LogP contribution in [0.1, 0.15) is 30.2 Å². The number of hydrogen-bond acceptors (Lipinski definition) is 4. The molecule has 0 saturated carbocycles. The predicted molar refractivity (Wildman–Crippen MR) is 83.2 cm³/mol. The lowest BCUT2D eigenvalue weighted by Gasteiger charge is -2.09. The van der Waals surface area contributed by atoms with Crippen LogP contribution in [0.25, 0.3) is 11.0 Å². The second kappa shape index (κ2) is 6.56. The van der Waals surface area contributed by atoms with Crippen molar-refractivity contribution in [2.75, 3.05) is 12.3 Å². The first-order chi connectivity index (χ1) is 9.67. The molecule has 2 aromatic heterocycles. The minimum atomic E-state index is -0.132. The van der Waals surface area contributed by atoms with Crippen LogP contribution in [0.5, 0.6) is 0 Å². The third-order valence-corrected chi connectivity index (χ3v) is 3.52. The number of nitrogens with one attached hydrogen (secondary N) is 1. The van der Waals surface area contributed by atoms with Crippen LogP contribution in [0.2, 0.25) is 0 Å². The lowest BCUT2D eigenvalue weighted by molar-refractivity contribution is 0.0958. The van der Waals surface area contributed by atoms with E-state index >= 15 is 0 Å². The first kappa shape index (κ1) is 14.6. The van der Waals surface area contributed by atoms with Crippen LogP contribution in [-0.2, 0) is 0 Å². The molecule has 5 nitrogen and oxygen atoms in total. The van der Waals surface area contributed by atoms with Gasteiger partial charge in [-0.25, -0.2) is 9.67 Å². The summed E-state index contributed by atoms with van der Waals surface area (Å²) in [5.74, 6) is 0.553. The average molecular weight is 290 g/mol. The van der Waals surface area contributed by atoms with Crippen molar-refractivity contribution in [3.05, 3.63) is 36.2 Å². The van der Waals surface area contributed by atoms with Gasteiger partial charge in [-0.2, -0.15) is 17.7 Å². The van der Waals surface area contributed by atoms with Crippen molar-refractivity contribution >= 4 is 29.6 Å². The second-order valence-corrected chi connectivity index (χ2v) is 4.90. The number of hydrogen-bond donors (Lipinski definition) is 2. The van der Waals surface area contributed by atoms with E-state index in [0.29, 0.717) is 17.9 Å². The molecule has 0 fully saturated rings. The van der Waals surface area contributed by atoms with Crippen molar-refractivity contribution in [3.8, 4) is 0 Å². The van der Waals surface area contributed by atoms with E-state index in [0.717, 1.165) is 11.0 Å². The van der Waals surface area contributed by atoms with Crippen LogP contribution in [0, 0.1) is 0 Å². The lowest BCUT2D eigenvalue weighted by atomic mass is 10.2. The van der Waals surface area contributed by atoms with Gasteiger partial charge in [-0.3, -0.25) is 4.79 Å². The maximum absolute atomic E-state index is 11.9. The number of thiol groups is 1. The van der Waals surface area contributed by atoms with Gasteiger partial charge in [0.05, 0.1) is 17.8 Å². The molecule has 0 spiro atoms. The molecule has 0 radical (unpaired) electrons. The summed E-state index contributed by atoms with van der Waals surface area (Å²) in [6.45, 7) is 4.46. The van der Waals surface area contributed by atoms with E-state index in [1.165, 1.54) is 0 Å². The lowest BCUT2D eigenvalue weighted by Crippen LogP contribution is -2.23. The fourth-order valence-corrected chi connectivity index (χ4v) is 1.99. The normalized spacial score (nSPS) is 12.9. The Bertz CT molecular complexity index is 635. The highest BCUT2D eigenvalue weighted by Gasteiger charge is 2.12. The van der Waals surface area contributed by atoms with E-state index in [-0.39, 0.29) is 11.9 Å². The molecule has 6 heteroatoms. The molecule has 1 atom stereocenters. The summed E-state index contributed by atoms with van der Waals surface area (Å²) in [5, 5.41) is 7.96. The zero-order valence-electron chi connectivity index (χ0n) is 11.6. The zero-order chi connectivity index (χ0) is 14.5. The number of pyridine rings is 1. The Morgan fingerprint density at radius 2 is 2.35 bits per heavy atom. The van der Waals surface area contributed by atoms with E-state index in [1.807, 2.05) is 36.7 Å². The topological polar surface area (TPSA) is 59.8 Å². The Balaban J connectivity index is 2.24. The van der Waals surface area contributed by atoms with Gasteiger partial charge in [0.1, 0.15) is 0 Å². The molecule has 0 bridgehead atoms. The largest absolute Gasteiger partial charge is 0.349 e. The van der Waals surface area contributed by atoms with Gasteiger partial charge in [-0.15, -0.1) is 0 Å². The summed E-state index contributed by atoms with van der Waals surface area (Å²) < 4.78 is 1.82. The molecule has 2 aromatic rings. The third-order valence-electron chi connectivity index (χ3n) is 2.99. The molecule has 0 aliphatic rings. The Morgan fingerprint density at radius 1 is 1.55 bits per heavy atom. The van der Waals surface area contributed by atoms with Gasteiger partial charge in [-0.05, 0) is 19.9 Å². The number of fused-ring (bicyclic) bond motifs is 1. The number of carbonyl (C=O) groups excluding carboxylic acids is 1. The second-order valence-electron chi connectivity index (χ2n) is 4.54. The predicted octanol–water partition coefficient (Wildman–Crippen LogP) is 2.23. The Kier molecular flexibility index (Phi) is 4.79. The monoisotopic (exact) mass is 290 g/mol. The quantitative estimate of drug-likeness (QED) is 0.656. The van der Waals surface area contributed by atoms with Gasteiger partial charge in [0.25, 0.3) is 5.91 Å². The van der Waals surface area contributed by atoms with E-state index < -0.39 is 0 Å². The van der Waals surface area contributed by atoms with E-state index in [2.05, 4.69) is 28.0 Å². The molecule has 0 aromatic carbocycles. The molecule has 1 N–H and O–H groups in total. The molecule has 0 aliphatic heterocycles. The van der Waals surface area contributed by atoms with Crippen LogP contribution in [-0.4, -0.2) is 33.0 Å². The smallest absolute Gasteiger partial charge is 0.253 e. The summed E-state index contributed by atoms with van der Waals surface area (Å²) in [6.07, 6.45) is 7.09. The Hall–Kier alpha value is -1.82. The molecule has 0 saturated heterocycles. The van der Waals surface area contributed by atoms with Gasteiger partial charge in [-0.1, -0.05) is 12.2 Å². The third kappa shape index (κ3) is 3.01. The van der Waals surface area contributed by atoms with E-state index in [9.17, 15) is 4.79 Å². The Morgan fingerprint density at radius 3 is 3.05 bits per heavy atom. The number of allylic oxidation sites excluding steroid dienone is 1. The molecule has 20 heavy (non-hydrogen) atoms. The van der Waals surface area contributed by atoms with Gasteiger partial charge < -0.3 is 5.32 Å². The molecular weight excluding hydrogens is 272 g/mol. The highest BCUT2D eigenvalue weighted by atomic mass is 32.1. The van der Waals surface area contributed by atoms with E-state index in [4.69, 9.17) is 0 Å². The molecular formula is C14H18N4OS. The molecule has 2 rings (SSSR count). The number of amides is 1. The molecule has 106 valence electrons. The van der Waals surface area contributed by atoms with Gasteiger partial charge in [0.2, 0.25) is 0 Å². The summed E-state index contributed by atoms with van der Waals surface area (Å²) >= 11 is 4.27. The molecule has 1 amide bonds. The van der Waals surface area contributed by atoms with Crippen LogP contribution in [0.15, 0.2) is 30.6 Å². The maximum atomic E-state index is 11.9. The standard InChI is InChI=1S/C14H18N4OS/c1-3-4-5-15-14(19)12-6-11-8-17-18(10(2)9-20)13(11)16-7-12/h3-4,6-8,10,20H,5,9H2,1-2H3,(H,15,19)/b4-3-. The summed E-state index contributed by atoms with van der Waals surface area (Å²) in [5.41, 5.74) is 1.32. The summed E-state index contributed by atoms with van der Waals surface area (Å²) in [7, 11) is 0. The molecule has 2 heterocycles. The van der Waals surface area contributed by atoms with Gasteiger partial charge in [0, 0.05) is 23.9 Å². The van der Waals surface area contributed by atoms with Crippen LogP contribution in [0.3, 0.4) is 0 Å². The SMILES string of the molecule is C/C=C\CNC(=O)c1cnc2c(cnn2C(C)CS)c1. The fourth-order valence-electron chi connectivity index (χ4n) is 1.84. The number of nitrogens with zero attached hydrogens (tertiary/aromatic N) is 3. The maximum Gasteiger partial charge on any atom is 0.253 e. The van der Waals surface area contributed by atoms with Gasteiger partial charge in [0.15, 0.2) is 5.65 Å². The Labute approximate surface area is 123 Å². The van der Waals surface area contributed by atoms with Crippen molar-refractivity contribution in [1.29, 1.82) is 0 Å². The van der Waals surface area contributed by atoms with Crippen molar-refractivity contribution < 1.29 is 4.79 Å². The zero-order valence-corrected chi connectivity index (χ0v) is 12.5. The van der Waals surface area contributed by atoms with Crippen LogP contribution < -0.4 is 5.32 Å². The minimum Gasteiger partial charge on any atom is -0.349 e. The van der Waals surface area contributed by atoms with Crippen molar-refractivity contribution in [2.45, 2.75) is 19.9 Å². The molecule has 1 unspecified atom stereocenters. The number of aromatic nitrogens is 3. The van der Waals surface area contributed by atoms with E-state index in [1.54, 1.807) is 12.4 Å². The first-order valence-corrected chi connectivity index (χ1v) is 7.14. The highest BCUT2D eigenvalue weighted by Crippen LogP contribution is 2.17. The summed E-state index contributed by atoms with van der Waals surface area (Å²) in [4.78, 5) is 16.3. The van der Waals surface area contributed by atoms with Gasteiger partial charge >= 0.3 is 0 Å². The first-order valence-electron chi connectivity index (χ1n) is 6.50. The van der Waals surface area contributed by atoms with Crippen molar-refractivity contribution in [2.24, 2.45) is 0 Å². The van der Waals surface area contributed by atoms with Crippen LogP contribution >= 0.6 is 12.6 Å². The molecule has 0 aliphatic carbocycles. The van der Waals surface area contributed by atoms with Crippen LogP contribution in [0.4, 0.5) is 0 Å². The minimum absolute atomic E-state index is 0.132. The fraction of sp³-hybridized carbons (Fsp3) is 0.357. The average Bonchev–Trinajstić information content (AvgIpc) is 2.89.